The van der Waals surface area contributed by atoms with Gasteiger partial charge in [0.25, 0.3) is 0 Å². The van der Waals surface area contributed by atoms with Crippen molar-refractivity contribution in [1.82, 2.24) is 20.3 Å². The van der Waals surface area contributed by atoms with Crippen LogP contribution in [0.4, 0.5) is 0 Å². The Morgan fingerprint density at radius 2 is 2.21 bits per heavy atom. The molecule has 0 amide bonds. The third kappa shape index (κ3) is 2.83. The Bertz CT molecular complexity index is 638. The lowest BCUT2D eigenvalue weighted by Gasteiger charge is -1.95. The van der Waals surface area contributed by atoms with Gasteiger partial charge >= 0.3 is 0 Å². The molecule has 0 saturated heterocycles. The largest absolute Gasteiger partial charge is 0.342 e. The maximum atomic E-state index is 4.57. The topological polar surface area (TPSA) is 53.6 Å². The normalized spacial score (nSPS) is 11.2. The Balaban J connectivity index is 1.75. The van der Waals surface area contributed by atoms with Gasteiger partial charge in [0, 0.05) is 17.6 Å². The molecule has 2 aromatic heterocycles. The molecule has 0 spiro atoms. The maximum absolute atomic E-state index is 4.57. The minimum absolute atomic E-state index is 0.769. The second-order valence-electron chi connectivity index (χ2n) is 4.38. The van der Waals surface area contributed by atoms with Crippen LogP contribution >= 0.6 is 11.3 Å². The Kier molecular flexibility index (Phi) is 3.57. The molecule has 1 aromatic carbocycles. The Labute approximate surface area is 115 Å². The summed E-state index contributed by atoms with van der Waals surface area (Å²) in [6, 6.07) is 8.09. The van der Waals surface area contributed by atoms with Crippen molar-refractivity contribution in [2.24, 2.45) is 0 Å². The standard InChI is InChI=1S/C14H16N4S/c1-2-15-8-10-9-16-14(19-10)7-13-17-11-5-3-4-6-12(11)18-13/h3-6,9,15H,2,7-8H2,1H3,(H,17,18). The minimum Gasteiger partial charge on any atom is -0.342 e. The van der Waals surface area contributed by atoms with E-state index < -0.39 is 0 Å². The molecule has 0 radical (unpaired) electrons. The fraction of sp³-hybridized carbons (Fsp3) is 0.286. The highest BCUT2D eigenvalue weighted by Crippen LogP contribution is 2.17. The Hall–Kier alpha value is -1.72. The van der Waals surface area contributed by atoms with Crippen LogP contribution in [0.1, 0.15) is 22.6 Å². The number of aromatic amines is 1. The van der Waals surface area contributed by atoms with E-state index in [0.717, 1.165) is 41.4 Å². The zero-order valence-corrected chi connectivity index (χ0v) is 11.6. The Morgan fingerprint density at radius 1 is 1.32 bits per heavy atom. The average molecular weight is 272 g/mol. The first-order chi connectivity index (χ1) is 9.35. The van der Waals surface area contributed by atoms with Gasteiger partial charge in [0.05, 0.1) is 17.5 Å². The maximum Gasteiger partial charge on any atom is 0.114 e. The molecular formula is C14H16N4S. The molecule has 0 saturated carbocycles. The fourth-order valence-corrected chi connectivity index (χ4v) is 2.89. The highest BCUT2D eigenvalue weighted by atomic mass is 32.1. The van der Waals surface area contributed by atoms with Crippen molar-refractivity contribution in [2.45, 2.75) is 19.9 Å². The van der Waals surface area contributed by atoms with E-state index in [-0.39, 0.29) is 0 Å². The summed E-state index contributed by atoms with van der Waals surface area (Å²) in [6.45, 7) is 3.99. The number of para-hydroxylation sites is 2. The predicted octanol–water partition coefficient (Wildman–Crippen LogP) is 2.72. The van der Waals surface area contributed by atoms with Gasteiger partial charge in [-0.05, 0) is 18.7 Å². The van der Waals surface area contributed by atoms with E-state index in [1.165, 1.54) is 4.88 Å². The van der Waals surface area contributed by atoms with E-state index >= 15 is 0 Å². The molecule has 0 bridgehead atoms. The summed E-state index contributed by atoms with van der Waals surface area (Å²) in [5.74, 6) is 0.977. The van der Waals surface area contributed by atoms with Crippen LogP contribution < -0.4 is 5.32 Å². The highest BCUT2D eigenvalue weighted by molar-refractivity contribution is 7.11. The van der Waals surface area contributed by atoms with E-state index in [9.17, 15) is 0 Å². The van der Waals surface area contributed by atoms with Crippen LogP contribution in [0.2, 0.25) is 0 Å². The molecule has 0 aliphatic heterocycles. The molecule has 19 heavy (non-hydrogen) atoms. The lowest BCUT2D eigenvalue weighted by Crippen LogP contribution is -2.10. The van der Waals surface area contributed by atoms with E-state index in [2.05, 4.69) is 27.2 Å². The van der Waals surface area contributed by atoms with Gasteiger partial charge in [0.2, 0.25) is 0 Å². The number of H-pyrrole nitrogens is 1. The first-order valence-corrected chi connectivity index (χ1v) is 7.24. The molecule has 0 fully saturated rings. The van der Waals surface area contributed by atoms with Crippen molar-refractivity contribution in [3.8, 4) is 0 Å². The smallest absolute Gasteiger partial charge is 0.114 e. The number of imidazole rings is 1. The molecule has 0 atom stereocenters. The van der Waals surface area contributed by atoms with Crippen molar-refractivity contribution in [2.75, 3.05) is 6.54 Å². The molecule has 0 aliphatic carbocycles. The number of aromatic nitrogens is 3. The molecular weight excluding hydrogens is 256 g/mol. The monoisotopic (exact) mass is 272 g/mol. The third-order valence-corrected chi connectivity index (χ3v) is 3.91. The van der Waals surface area contributed by atoms with E-state index in [1.807, 2.05) is 30.5 Å². The molecule has 3 aromatic rings. The van der Waals surface area contributed by atoms with Gasteiger partial charge in [-0.2, -0.15) is 0 Å². The lowest BCUT2D eigenvalue weighted by atomic mass is 10.3. The zero-order chi connectivity index (χ0) is 13.1. The summed E-state index contributed by atoms with van der Waals surface area (Å²) in [5.41, 5.74) is 2.10. The number of thiazole rings is 1. The van der Waals surface area contributed by atoms with Crippen LogP contribution in [0, 0.1) is 0 Å². The predicted molar refractivity (Wildman–Crippen MR) is 78.4 cm³/mol. The van der Waals surface area contributed by atoms with Crippen LogP contribution in [-0.4, -0.2) is 21.5 Å². The second kappa shape index (κ2) is 5.50. The molecule has 4 nitrogen and oxygen atoms in total. The van der Waals surface area contributed by atoms with Gasteiger partial charge < -0.3 is 10.3 Å². The van der Waals surface area contributed by atoms with E-state index in [1.54, 1.807) is 11.3 Å². The molecule has 5 heteroatoms. The van der Waals surface area contributed by atoms with Crippen LogP contribution in [0.15, 0.2) is 30.5 Å². The van der Waals surface area contributed by atoms with E-state index in [4.69, 9.17) is 0 Å². The van der Waals surface area contributed by atoms with Gasteiger partial charge in [0.15, 0.2) is 0 Å². The number of nitrogens with one attached hydrogen (secondary N) is 2. The molecule has 0 aliphatic rings. The number of nitrogens with zero attached hydrogens (tertiary/aromatic N) is 2. The van der Waals surface area contributed by atoms with Crippen LogP contribution in [0.5, 0.6) is 0 Å². The number of hydrogen-bond acceptors (Lipinski definition) is 4. The zero-order valence-electron chi connectivity index (χ0n) is 10.8. The summed E-state index contributed by atoms with van der Waals surface area (Å²) in [4.78, 5) is 13.6. The molecule has 2 heterocycles. The number of benzene rings is 1. The first kappa shape index (κ1) is 12.3. The number of hydrogen-bond donors (Lipinski definition) is 2. The van der Waals surface area contributed by atoms with Crippen LogP contribution in [0.25, 0.3) is 11.0 Å². The fourth-order valence-electron chi connectivity index (χ4n) is 1.99. The average Bonchev–Trinajstić information content (AvgIpc) is 3.02. The number of fused-ring (bicyclic) bond motifs is 1. The molecule has 0 unspecified atom stereocenters. The van der Waals surface area contributed by atoms with E-state index in [0.29, 0.717) is 0 Å². The number of rotatable bonds is 5. The lowest BCUT2D eigenvalue weighted by molar-refractivity contribution is 0.734. The van der Waals surface area contributed by atoms with Gasteiger partial charge in [-0.25, -0.2) is 9.97 Å². The first-order valence-electron chi connectivity index (χ1n) is 6.43. The third-order valence-electron chi connectivity index (χ3n) is 2.91. The Morgan fingerprint density at radius 3 is 3.05 bits per heavy atom. The van der Waals surface area contributed by atoms with Gasteiger partial charge in [-0.3, -0.25) is 0 Å². The SMILES string of the molecule is CCNCc1cnc(Cc2nc3ccccc3[nH]2)s1. The molecule has 2 N–H and O–H groups in total. The molecule has 3 rings (SSSR count). The van der Waals surface area contributed by atoms with Gasteiger partial charge in [0.1, 0.15) is 10.8 Å². The minimum atomic E-state index is 0.769. The highest BCUT2D eigenvalue weighted by Gasteiger charge is 2.06. The van der Waals surface area contributed by atoms with Crippen LogP contribution in [-0.2, 0) is 13.0 Å². The summed E-state index contributed by atoms with van der Waals surface area (Å²) < 4.78 is 0. The summed E-state index contributed by atoms with van der Waals surface area (Å²) >= 11 is 1.74. The van der Waals surface area contributed by atoms with Crippen molar-refractivity contribution >= 4 is 22.4 Å². The van der Waals surface area contributed by atoms with Crippen LogP contribution in [0.3, 0.4) is 0 Å². The second-order valence-corrected chi connectivity index (χ2v) is 5.58. The van der Waals surface area contributed by atoms with Gasteiger partial charge in [-0.1, -0.05) is 19.1 Å². The van der Waals surface area contributed by atoms with Gasteiger partial charge in [-0.15, -0.1) is 11.3 Å². The summed E-state index contributed by atoms with van der Waals surface area (Å²) in [6.07, 6.45) is 2.72. The summed E-state index contributed by atoms with van der Waals surface area (Å²) in [5, 5.41) is 4.41. The van der Waals surface area contributed by atoms with Crippen molar-refractivity contribution in [3.63, 3.8) is 0 Å². The molecule has 98 valence electrons. The van der Waals surface area contributed by atoms with Crippen molar-refractivity contribution < 1.29 is 0 Å². The summed E-state index contributed by atoms with van der Waals surface area (Å²) in [7, 11) is 0. The van der Waals surface area contributed by atoms with Crippen molar-refractivity contribution in [1.29, 1.82) is 0 Å². The quantitative estimate of drug-likeness (QED) is 0.751. The van der Waals surface area contributed by atoms with Crippen molar-refractivity contribution in [3.05, 3.63) is 46.2 Å².